The summed E-state index contributed by atoms with van der Waals surface area (Å²) in [5.41, 5.74) is 0. The molecule has 0 aromatic carbocycles. The molecule has 5 nitrogen and oxygen atoms in total. The molecule has 0 saturated heterocycles. The van der Waals surface area contributed by atoms with Gasteiger partial charge in [-0.05, 0) is 25.5 Å². The first-order valence-electron chi connectivity index (χ1n) is 6.00. The van der Waals surface area contributed by atoms with Crippen LogP contribution in [-0.4, -0.2) is 39.7 Å². The largest absolute Gasteiger partial charge is 0.468 e. The van der Waals surface area contributed by atoms with E-state index in [0.717, 1.165) is 5.76 Å². The van der Waals surface area contributed by atoms with Gasteiger partial charge in [-0.25, -0.2) is 8.42 Å². The molecule has 0 aliphatic carbocycles. The molecule has 0 fully saturated rings. The van der Waals surface area contributed by atoms with Gasteiger partial charge >= 0.3 is 0 Å². The Balaban J connectivity index is 2.28. The fourth-order valence-electron chi connectivity index (χ4n) is 1.54. The topological polar surface area (TPSA) is 68.5 Å². The predicted molar refractivity (Wildman–Crippen MR) is 70.2 cm³/mol. The van der Waals surface area contributed by atoms with Crippen molar-refractivity contribution in [3.63, 3.8) is 0 Å². The number of rotatable bonds is 9. The Hall–Kier alpha value is -0.850. The molecule has 0 aliphatic rings. The predicted octanol–water partition coefficient (Wildman–Crippen LogP) is 1.21. The number of hydrogen-bond acceptors (Lipinski definition) is 5. The van der Waals surface area contributed by atoms with E-state index in [9.17, 15) is 8.42 Å². The van der Waals surface area contributed by atoms with Crippen molar-refractivity contribution in [2.24, 2.45) is 0 Å². The van der Waals surface area contributed by atoms with Crippen LogP contribution in [0.1, 0.15) is 19.1 Å². The van der Waals surface area contributed by atoms with E-state index in [1.165, 1.54) is 0 Å². The third-order valence-corrected chi connectivity index (χ3v) is 4.95. The summed E-state index contributed by atoms with van der Waals surface area (Å²) in [6.07, 6.45) is 2.14. The second kappa shape index (κ2) is 7.56. The van der Waals surface area contributed by atoms with Crippen LogP contribution in [0.3, 0.4) is 0 Å². The summed E-state index contributed by atoms with van der Waals surface area (Å²) in [7, 11) is -1.48. The molecule has 1 atom stereocenters. The average molecular weight is 275 g/mol. The highest BCUT2D eigenvalue weighted by Gasteiger charge is 2.19. The number of furan rings is 1. The van der Waals surface area contributed by atoms with Crippen molar-refractivity contribution in [1.82, 2.24) is 5.32 Å². The zero-order chi connectivity index (χ0) is 13.4. The van der Waals surface area contributed by atoms with Gasteiger partial charge in [-0.2, -0.15) is 0 Å². The average Bonchev–Trinajstić information content (AvgIpc) is 2.82. The van der Waals surface area contributed by atoms with Gasteiger partial charge in [-0.1, -0.05) is 0 Å². The molecule has 1 unspecified atom stereocenters. The van der Waals surface area contributed by atoms with Gasteiger partial charge in [0.1, 0.15) is 5.76 Å². The van der Waals surface area contributed by atoms with E-state index >= 15 is 0 Å². The van der Waals surface area contributed by atoms with E-state index < -0.39 is 15.1 Å². The van der Waals surface area contributed by atoms with Crippen molar-refractivity contribution in [1.29, 1.82) is 0 Å². The number of sulfone groups is 1. The molecule has 1 N–H and O–H groups in total. The lowest BCUT2D eigenvalue weighted by molar-refractivity contribution is 0.199. The lowest BCUT2D eigenvalue weighted by Gasteiger charge is -2.13. The van der Waals surface area contributed by atoms with Gasteiger partial charge in [0, 0.05) is 20.3 Å². The Labute approximate surface area is 108 Å². The molecule has 0 amide bonds. The summed E-state index contributed by atoms with van der Waals surface area (Å²) < 4.78 is 33.8. The third kappa shape index (κ3) is 5.20. The molecule has 0 aliphatic heterocycles. The maximum Gasteiger partial charge on any atom is 0.154 e. The standard InChI is InChI=1S/C12H21NO4S/c1-11(18(14,15)8-4-6-16-2)9-13-10-12-5-3-7-17-12/h3,5,7,11,13H,4,6,8-10H2,1-2H3. The van der Waals surface area contributed by atoms with Gasteiger partial charge < -0.3 is 14.5 Å². The Morgan fingerprint density at radius 3 is 2.89 bits per heavy atom. The van der Waals surface area contributed by atoms with Gasteiger partial charge in [0.25, 0.3) is 0 Å². The van der Waals surface area contributed by atoms with Gasteiger partial charge in [0.2, 0.25) is 0 Å². The quantitative estimate of drug-likeness (QED) is 0.686. The second-order valence-corrected chi connectivity index (χ2v) is 6.77. The minimum atomic E-state index is -3.05. The van der Waals surface area contributed by atoms with Gasteiger partial charge in [0.15, 0.2) is 9.84 Å². The monoisotopic (exact) mass is 275 g/mol. The van der Waals surface area contributed by atoms with Gasteiger partial charge in [-0.3, -0.25) is 0 Å². The normalized spacial score (nSPS) is 13.7. The number of nitrogens with one attached hydrogen (secondary N) is 1. The third-order valence-electron chi connectivity index (χ3n) is 2.70. The molecule has 18 heavy (non-hydrogen) atoms. The summed E-state index contributed by atoms with van der Waals surface area (Å²) in [6, 6.07) is 3.66. The van der Waals surface area contributed by atoms with Crippen LogP contribution in [0.15, 0.2) is 22.8 Å². The van der Waals surface area contributed by atoms with Crippen molar-refractivity contribution >= 4 is 9.84 Å². The van der Waals surface area contributed by atoms with E-state index in [0.29, 0.717) is 26.1 Å². The summed E-state index contributed by atoms with van der Waals surface area (Å²) in [5, 5.41) is 2.68. The van der Waals surface area contributed by atoms with Crippen molar-refractivity contribution in [3.05, 3.63) is 24.2 Å². The van der Waals surface area contributed by atoms with E-state index in [1.54, 1.807) is 20.3 Å². The van der Waals surface area contributed by atoms with E-state index in [-0.39, 0.29) is 5.75 Å². The first kappa shape index (κ1) is 15.2. The summed E-state index contributed by atoms with van der Waals surface area (Å²) in [5.74, 6) is 0.976. The van der Waals surface area contributed by atoms with Crippen molar-refractivity contribution < 1.29 is 17.6 Å². The summed E-state index contributed by atoms with van der Waals surface area (Å²) in [6.45, 7) is 3.17. The van der Waals surface area contributed by atoms with Crippen LogP contribution in [0.4, 0.5) is 0 Å². The van der Waals surface area contributed by atoms with E-state index in [4.69, 9.17) is 9.15 Å². The minimum absolute atomic E-state index is 0.171. The molecule has 0 saturated carbocycles. The van der Waals surface area contributed by atoms with Gasteiger partial charge in [-0.15, -0.1) is 0 Å². The second-order valence-electron chi connectivity index (χ2n) is 4.23. The molecule has 1 aromatic rings. The number of methoxy groups -OCH3 is 1. The first-order chi connectivity index (χ1) is 8.56. The fraction of sp³-hybridized carbons (Fsp3) is 0.667. The van der Waals surface area contributed by atoms with Crippen LogP contribution in [-0.2, 0) is 21.1 Å². The highest BCUT2D eigenvalue weighted by atomic mass is 32.2. The van der Waals surface area contributed by atoms with Crippen LogP contribution in [0.5, 0.6) is 0 Å². The van der Waals surface area contributed by atoms with E-state index in [1.807, 2.05) is 12.1 Å². The van der Waals surface area contributed by atoms with Crippen LogP contribution in [0.2, 0.25) is 0 Å². The molecule has 0 bridgehead atoms. The molecule has 1 heterocycles. The molecule has 0 radical (unpaired) electrons. The molecular weight excluding hydrogens is 254 g/mol. The lowest BCUT2D eigenvalue weighted by atomic mass is 10.4. The molecule has 1 rings (SSSR count). The van der Waals surface area contributed by atoms with Crippen molar-refractivity contribution in [2.45, 2.75) is 25.1 Å². The van der Waals surface area contributed by atoms with Crippen LogP contribution in [0, 0.1) is 0 Å². The summed E-state index contributed by atoms with van der Waals surface area (Å²) >= 11 is 0. The van der Waals surface area contributed by atoms with Gasteiger partial charge in [0.05, 0.1) is 23.8 Å². The highest BCUT2D eigenvalue weighted by molar-refractivity contribution is 7.92. The van der Waals surface area contributed by atoms with Crippen LogP contribution in [0.25, 0.3) is 0 Å². The lowest BCUT2D eigenvalue weighted by Crippen LogP contribution is -2.32. The maximum atomic E-state index is 11.9. The van der Waals surface area contributed by atoms with Crippen molar-refractivity contribution in [2.75, 3.05) is 26.0 Å². The van der Waals surface area contributed by atoms with Crippen molar-refractivity contribution in [3.8, 4) is 0 Å². The van der Waals surface area contributed by atoms with Crippen LogP contribution < -0.4 is 5.32 Å². The van der Waals surface area contributed by atoms with E-state index in [2.05, 4.69) is 5.32 Å². The molecular formula is C12H21NO4S. The fourth-order valence-corrected chi connectivity index (χ4v) is 2.84. The smallest absolute Gasteiger partial charge is 0.154 e. The zero-order valence-corrected chi connectivity index (χ0v) is 11.7. The Kier molecular flexibility index (Phi) is 6.38. The first-order valence-corrected chi connectivity index (χ1v) is 7.71. The Bertz CT molecular complexity index is 413. The number of ether oxygens (including phenoxy) is 1. The maximum absolute atomic E-state index is 11.9. The number of hydrogen-bond donors (Lipinski definition) is 1. The molecule has 1 aromatic heterocycles. The molecule has 6 heteroatoms. The minimum Gasteiger partial charge on any atom is -0.468 e. The highest BCUT2D eigenvalue weighted by Crippen LogP contribution is 2.04. The molecule has 104 valence electrons. The Morgan fingerprint density at radius 1 is 1.50 bits per heavy atom. The zero-order valence-electron chi connectivity index (χ0n) is 10.9. The SMILES string of the molecule is COCCCS(=O)(=O)C(C)CNCc1ccco1. The van der Waals surface area contributed by atoms with Crippen LogP contribution >= 0.6 is 0 Å². The Morgan fingerprint density at radius 2 is 2.28 bits per heavy atom. The molecule has 0 spiro atoms. The summed E-state index contributed by atoms with van der Waals surface area (Å²) in [4.78, 5) is 0.